The third kappa shape index (κ3) is 6.81. The zero-order valence-corrected chi connectivity index (χ0v) is 12.5. The summed E-state index contributed by atoms with van der Waals surface area (Å²) in [7, 11) is 0. The molecule has 1 atom stereocenters. The van der Waals surface area contributed by atoms with Gasteiger partial charge in [0.05, 0.1) is 16.1 Å². The van der Waals surface area contributed by atoms with E-state index in [0.717, 1.165) is 24.8 Å². The lowest BCUT2D eigenvalue weighted by Gasteiger charge is -2.07. The molecular formula is C14H19Cl2NO2. The van der Waals surface area contributed by atoms with Crippen LogP contribution in [0.3, 0.4) is 0 Å². The van der Waals surface area contributed by atoms with E-state index < -0.39 is 6.10 Å². The molecule has 1 aromatic carbocycles. The van der Waals surface area contributed by atoms with Gasteiger partial charge in [-0.3, -0.25) is 4.79 Å². The minimum Gasteiger partial charge on any atom is -0.392 e. The summed E-state index contributed by atoms with van der Waals surface area (Å²) in [5, 5.41) is 12.8. The molecule has 0 radical (unpaired) electrons. The third-order valence-electron chi connectivity index (χ3n) is 2.70. The van der Waals surface area contributed by atoms with E-state index in [1.165, 1.54) is 0 Å². The molecule has 0 aliphatic carbocycles. The Morgan fingerprint density at radius 2 is 2.05 bits per heavy atom. The fourth-order valence-electron chi connectivity index (χ4n) is 1.66. The van der Waals surface area contributed by atoms with E-state index in [4.69, 9.17) is 28.3 Å². The van der Waals surface area contributed by atoms with Gasteiger partial charge in [0.25, 0.3) is 0 Å². The Hall–Kier alpha value is -0.770. The van der Waals surface area contributed by atoms with Crippen LogP contribution in [-0.2, 0) is 11.2 Å². The van der Waals surface area contributed by atoms with Crippen molar-refractivity contribution in [1.82, 2.24) is 5.32 Å². The predicted octanol–water partition coefficient (Wildman–Crippen LogP) is 3.20. The van der Waals surface area contributed by atoms with Gasteiger partial charge in [-0.25, -0.2) is 0 Å². The zero-order chi connectivity index (χ0) is 14.3. The summed E-state index contributed by atoms with van der Waals surface area (Å²) >= 11 is 11.8. The van der Waals surface area contributed by atoms with Crippen molar-refractivity contribution in [3.8, 4) is 0 Å². The number of hydrogen-bond acceptors (Lipinski definition) is 2. The Morgan fingerprint density at radius 3 is 2.68 bits per heavy atom. The van der Waals surface area contributed by atoms with E-state index in [9.17, 15) is 4.79 Å². The van der Waals surface area contributed by atoms with Gasteiger partial charge in [-0.2, -0.15) is 0 Å². The number of unbranched alkanes of at least 4 members (excludes halogenated alkanes) is 1. The highest BCUT2D eigenvalue weighted by Crippen LogP contribution is 2.23. The number of rotatable bonds is 7. The molecule has 0 saturated carbocycles. The van der Waals surface area contributed by atoms with Crippen LogP contribution in [0, 0.1) is 0 Å². The number of carbonyl (C=O) groups is 1. The maximum Gasteiger partial charge on any atom is 0.220 e. The normalized spacial score (nSPS) is 12.2. The molecule has 3 nitrogen and oxygen atoms in total. The fraction of sp³-hybridized carbons (Fsp3) is 0.500. The van der Waals surface area contributed by atoms with Crippen LogP contribution in [0.1, 0.15) is 31.7 Å². The van der Waals surface area contributed by atoms with Gasteiger partial charge in [0, 0.05) is 13.0 Å². The van der Waals surface area contributed by atoms with E-state index in [0.29, 0.717) is 23.0 Å². The van der Waals surface area contributed by atoms with Crippen LogP contribution in [0.2, 0.25) is 10.0 Å². The lowest BCUT2D eigenvalue weighted by Crippen LogP contribution is -2.30. The summed E-state index contributed by atoms with van der Waals surface area (Å²) in [6.45, 7) is 1.95. The van der Waals surface area contributed by atoms with Crippen LogP contribution in [0.25, 0.3) is 0 Å². The summed E-state index contributed by atoms with van der Waals surface area (Å²) < 4.78 is 0. The predicted molar refractivity (Wildman–Crippen MR) is 78.7 cm³/mol. The lowest BCUT2D eigenvalue weighted by atomic mass is 10.1. The summed E-state index contributed by atoms with van der Waals surface area (Å²) in [5.41, 5.74) is 1.12. The molecule has 1 unspecified atom stereocenters. The number of halogens is 2. The summed E-state index contributed by atoms with van der Waals surface area (Å²) in [4.78, 5) is 11.4. The largest absolute Gasteiger partial charge is 0.392 e. The van der Waals surface area contributed by atoms with Gasteiger partial charge in [-0.15, -0.1) is 0 Å². The minimum absolute atomic E-state index is 0.0185. The second-order valence-electron chi connectivity index (χ2n) is 4.61. The van der Waals surface area contributed by atoms with E-state index >= 15 is 0 Å². The first-order valence-electron chi connectivity index (χ1n) is 6.37. The van der Waals surface area contributed by atoms with Crippen LogP contribution < -0.4 is 5.32 Å². The molecule has 1 amide bonds. The minimum atomic E-state index is -0.500. The first kappa shape index (κ1) is 16.3. The van der Waals surface area contributed by atoms with Gasteiger partial charge in [0.1, 0.15) is 0 Å². The standard InChI is InChI=1S/C14H19Cl2NO2/c1-10(18)9-17-14(19)5-3-2-4-11-6-7-12(15)13(16)8-11/h6-8,10,18H,2-5,9H2,1H3,(H,17,19). The van der Waals surface area contributed by atoms with Crippen molar-refractivity contribution < 1.29 is 9.90 Å². The number of benzene rings is 1. The molecule has 106 valence electrons. The van der Waals surface area contributed by atoms with Gasteiger partial charge in [-0.05, 0) is 43.9 Å². The number of aliphatic hydroxyl groups excluding tert-OH is 1. The van der Waals surface area contributed by atoms with Crippen molar-refractivity contribution in [2.24, 2.45) is 0 Å². The molecule has 1 rings (SSSR count). The first-order valence-corrected chi connectivity index (χ1v) is 7.13. The van der Waals surface area contributed by atoms with E-state index in [1.807, 2.05) is 12.1 Å². The molecule has 0 bridgehead atoms. The van der Waals surface area contributed by atoms with E-state index in [-0.39, 0.29) is 5.91 Å². The van der Waals surface area contributed by atoms with Gasteiger partial charge in [0.15, 0.2) is 0 Å². The van der Waals surface area contributed by atoms with Gasteiger partial charge in [0.2, 0.25) is 5.91 Å². The number of nitrogens with one attached hydrogen (secondary N) is 1. The quantitative estimate of drug-likeness (QED) is 0.760. The topological polar surface area (TPSA) is 49.3 Å². The Morgan fingerprint density at radius 1 is 1.32 bits per heavy atom. The number of hydrogen-bond donors (Lipinski definition) is 2. The van der Waals surface area contributed by atoms with Crippen molar-refractivity contribution in [2.45, 2.75) is 38.7 Å². The maximum absolute atomic E-state index is 11.4. The van der Waals surface area contributed by atoms with Gasteiger partial charge in [-0.1, -0.05) is 29.3 Å². The average Bonchev–Trinajstić information content (AvgIpc) is 2.36. The van der Waals surface area contributed by atoms with Crippen molar-refractivity contribution in [1.29, 1.82) is 0 Å². The molecular weight excluding hydrogens is 285 g/mol. The van der Waals surface area contributed by atoms with Crippen LogP contribution in [0.4, 0.5) is 0 Å². The summed E-state index contributed by atoms with van der Waals surface area (Å²) in [6.07, 6.45) is 2.58. The average molecular weight is 304 g/mol. The maximum atomic E-state index is 11.4. The summed E-state index contributed by atoms with van der Waals surface area (Å²) in [6, 6.07) is 5.59. The van der Waals surface area contributed by atoms with Gasteiger partial charge >= 0.3 is 0 Å². The van der Waals surface area contributed by atoms with E-state index in [2.05, 4.69) is 5.32 Å². The van der Waals surface area contributed by atoms with Crippen LogP contribution in [0.5, 0.6) is 0 Å². The molecule has 1 aromatic rings. The number of aryl methyl sites for hydroxylation is 1. The highest BCUT2D eigenvalue weighted by Gasteiger charge is 2.04. The van der Waals surface area contributed by atoms with Crippen molar-refractivity contribution >= 4 is 29.1 Å². The SMILES string of the molecule is CC(O)CNC(=O)CCCCc1ccc(Cl)c(Cl)c1. The first-order chi connectivity index (χ1) is 8.99. The van der Waals surface area contributed by atoms with Gasteiger partial charge < -0.3 is 10.4 Å². The monoisotopic (exact) mass is 303 g/mol. The Bertz CT molecular complexity index is 422. The molecule has 0 saturated heterocycles. The number of aliphatic hydroxyl groups is 1. The molecule has 0 heterocycles. The van der Waals surface area contributed by atoms with Crippen LogP contribution >= 0.6 is 23.2 Å². The molecule has 0 spiro atoms. The third-order valence-corrected chi connectivity index (χ3v) is 3.44. The molecule has 0 fully saturated rings. The van der Waals surface area contributed by atoms with E-state index in [1.54, 1.807) is 13.0 Å². The smallest absolute Gasteiger partial charge is 0.220 e. The molecule has 0 aliphatic rings. The molecule has 19 heavy (non-hydrogen) atoms. The molecule has 2 N–H and O–H groups in total. The fourth-order valence-corrected chi connectivity index (χ4v) is 1.98. The second-order valence-corrected chi connectivity index (χ2v) is 5.42. The van der Waals surface area contributed by atoms with Crippen molar-refractivity contribution in [2.75, 3.05) is 6.54 Å². The Balaban J connectivity index is 2.20. The second kappa shape index (κ2) is 8.41. The molecule has 5 heteroatoms. The number of carbonyl (C=O) groups excluding carboxylic acids is 1. The Kier molecular flexibility index (Phi) is 7.21. The molecule has 0 aromatic heterocycles. The van der Waals surface area contributed by atoms with Crippen LogP contribution in [-0.4, -0.2) is 23.7 Å². The van der Waals surface area contributed by atoms with Crippen LogP contribution in [0.15, 0.2) is 18.2 Å². The molecule has 0 aliphatic heterocycles. The number of amides is 1. The Labute approximate surface area is 123 Å². The van der Waals surface area contributed by atoms with Crippen molar-refractivity contribution in [3.63, 3.8) is 0 Å². The zero-order valence-electron chi connectivity index (χ0n) is 11.0. The highest BCUT2D eigenvalue weighted by atomic mass is 35.5. The highest BCUT2D eigenvalue weighted by molar-refractivity contribution is 6.42. The summed E-state index contributed by atoms with van der Waals surface area (Å²) in [5.74, 6) is -0.0185. The lowest BCUT2D eigenvalue weighted by molar-refractivity contribution is -0.121. The van der Waals surface area contributed by atoms with Crippen molar-refractivity contribution in [3.05, 3.63) is 33.8 Å².